The molecule has 0 spiro atoms. The van der Waals surface area contributed by atoms with Crippen LogP contribution in [0.2, 0.25) is 0 Å². The van der Waals surface area contributed by atoms with Crippen molar-refractivity contribution in [3.05, 3.63) is 54.1 Å². The number of carbonyl (C=O) groups excluding carboxylic acids is 1. The third kappa shape index (κ3) is 5.24. The minimum atomic E-state index is -3.67. The molecule has 0 saturated carbocycles. The van der Waals surface area contributed by atoms with Gasteiger partial charge >= 0.3 is 0 Å². The Hall–Kier alpha value is -2.74. The molecule has 0 bridgehead atoms. The maximum Gasteiger partial charge on any atom is 0.241 e. The molecule has 7 nitrogen and oxygen atoms in total. The van der Waals surface area contributed by atoms with Crippen LogP contribution in [0.15, 0.2) is 48.5 Å². The minimum absolute atomic E-state index is 0.0910. The third-order valence-corrected chi connectivity index (χ3v) is 6.62. The van der Waals surface area contributed by atoms with Gasteiger partial charge in [-0.15, -0.1) is 0 Å². The molecule has 162 valence electrons. The molecule has 1 aliphatic rings. The van der Waals surface area contributed by atoms with Crippen molar-refractivity contribution >= 4 is 21.6 Å². The maximum atomic E-state index is 12.9. The van der Waals surface area contributed by atoms with Crippen LogP contribution in [0, 0.1) is 5.92 Å². The molecule has 2 aromatic carbocycles. The van der Waals surface area contributed by atoms with E-state index in [9.17, 15) is 13.2 Å². The van der Waals surface area contributed by atoms with Crippen LogP contribution in [0.25, 0.3) is 0 Å². The molecular formula is C22H28N2O5S. The first kappa shape index (κ1) is 22.0. The number of amides is 1. The van der Waals surface area contributed by atoms with E-state index in [-0.39, 0.29) is 31.0 Å². The highest BCUT2D eigenvalue weighted by molar-refractivity contribution is 7.92. The molecule has 0 radical (unpaired) electrons. The molecular weight excluding hydrogens is 404 g/mol. The van der Waals surface area contributed by atoms with Gasteiger partial charge in [-0.25, -0.2) is 8.42 Å². The predicted octanol–water partition coefficient (Wildman–Crippen LogP) is 3.48. The van der Waals surface area contributed by atoms with Crippen molar-refractivity contribution in [2.75, 3.05) is 23.4 Å². The van der Waals surface area contributed by atoms with Gasteiger partial charge in [0.15, 0.2) is 11.5 Å². The lowest BCUT2D eigenvalue weighted by Crippen LogP contribution is -2.42. The summed E-state index contributed by atoms with van der Waals surface area (Å²) in [6.07, 6.45) is 0.750. The average Bonchev–Trinajstić information content (AvgIpc) is 3.19. The number of rotatable bonds is 9. The lowest BCUT2D eigenvalue weighted by Gasteiger charge is -2.26. The first-order valence-corrected chi connectivity index (χ1v) is 11.7. The van der Waals surface area contributed by atoms with Crippen molar-refractivity contribution in [1.29, 1.82) is 0 Å². The van der Waals surface area contributed by atoms with E-state index in [0.29, 0.717) is 23.1 Å². The zero-order valence-corrected chi connectivity index (χ0v) is 18.3. The molecule has 0 aromatic heterocycles. The van der Waals surface area contributed by atoms with Crippen LogP contribution in [-0.4, -0.2) is 33.4 Å². The minimum Gasteiger partial charge on any atom is -0.454 e. The Balaban J connectivity index is 1.82. The summed E-state index contributed by atoms with van der Waals surface area (Å²) in [4.78, 5) is 12.9. The summed E-state index contributed by atoms with van der Waals surface area (Å²) < 4.78 is 37.3. The van der Waals surface area contributed by atoms with Crippen molar-refractivity contribution in [3.8, 4) is 11.5 Å². The maximum absolute atomic E-state index is 12.9. The van der Waals surface area contributed by atoms with E-state index in [4.69, 9.17) is 9.47 Å². The van der Waals surface area contributed by atoms with E-state index in [1.165, 1.54) is 0 Å². The molecule has 1 heterocycles. The smallest absolute Gasteiger partial charge is 0.241 e. The summed E-state index contributed by atoms with van der Waals surface area (Å²) in [5.41, 5.74) is 1.36. The Morgan fingerprint density at radius 3 is 2.47 bits per heavy atom. The fraction of sp³-hybridized carbons (Fsp3) is 0.409. The third-order valence-electron chi connectivity index (χ3n) is 4.88. The van der Waals surface area contributed by atoms with Crippen LogP contribution in [0.5, 0.6) is 11.5 Å². The number of carbonyl (C=O) groups is 1. The van der Waals surface area contributed by atoms with Gasteiger partial charge in [0.2, 0.25) is 22.7 Å². The van der Waals surface area contributed by atoms with Crippen molar-refractivity contribution in [2.45, 2.75) is 33.2 Å². The molecule has 1 amide bonds. The van der Waals surface area contributed by atoms with Gasteiger partial charge < -0.3 is 14.8 Å². The Bertz CT molecular complexity index is 976. The van der Waals surface area contributed by atoms with Gasteiger partial charge in [0.05, 0.1) is 17.5 Å². The fourth-order valence-corrected chi connectivity index (χ4v) is 4.41. The van der Waals surface area contributed by atoms with Gasteiger partial charge in [-0.2, -0.15) is 0 Å². The molecule has 1 N–H and O–H groups in total. The molecule has 0 saturated heterocycles. The zero-order chi connectivity index (χ0) is 21.7. The first-order chi connectivity index (χ1) is 14.3. The Kier molecular flexibility index (Phi) is 6.87. The van der Waals surface area contributed by atoms with Crippen molar-refractivity contribution in [1.82, 2.24) is 5.32 Å². The number of benzene rings is 2. The molecule has 3 rings (SSSR count). The second-order valence-corrected chi connectivity index (χ2v) is 9.79. The highest BCUT2D eigenvalue weighted by atomic mass is 32.2. The Morgan fingerprint density at radius 1 is 1.10 bits per heavy atom. The van der Waals surface area contributed by atoms with Crippen LogP contribution in [0.4, 0.5) is 5.69 Å². The van der Waals surface area contributed by atoms with E-state index in [0.717, 1.165) is 16.3 Å². The number of nitrogens with zero attached hydrogens (tertiary/aromatic N) is 1. The van der Waals surface area contributed by atoms with Crippen LogP contribution in [0.3, 0.4) is 0 Å². The number of hydrogen-bond acceptors (Lipinski definition) is 5. The summed E-state index contributed by atoms with van der Waals surface area (Å²) in [5, 5.41) is 3.01. The molecule has 0 aliphatic carbocycles. The van der Waals surface area contributed by atoms with Crippen LogP contribution in [-0.2, 0) is 14.8 Å². The SMILES string of the molecule is CCS(=O)(=O)N(CC(=O)NC(CC(C)C)c1ccccc1)c1ccc2c(c1)OCO2. The highest BCUT2D eigenvalue weighted by Gasteiger charge is 2.27. The Morgan fingerprint density at radius 2 is 1.80 bits per heavy atom. The van der Waals surface area contributed by atoms with Crippen molar-refractivity contribution < 1.29 is 22.7 Å². The van der Waals surface area contributed by atoms with Gasteiger partial charge in [0, 0.05) is 6.07 Å². The van der Waals surface area contributed by atoms with E-state index in [1.807, 2.05) is 30.3 Å². The molecule has 1 atom stereocenters. The normalized spacial score (nSPS) is 13.9. The number of ether oxygens (including phenoxy) is 2. The van der Waals surface area contributed by atoms with Gasteiger partial charge in [-0.05, 0) is 37.0 Å². The monoisotopic (exact) mass is 432 g/mol. The standard InChI is InChI=1S/C22H28N2O5S/c1-4-30(26,27)24(18-10-11-20-21(13-18)29-15-28-20)14-22(25)23-19(12-16(2)3)17-8-6-5-7-9-17/h5-11,13,16,19H,4,12,14-15H2,1-3H3,(H,23,25). The zero-order valence-electron chi connectivity index (χ0n) is 17.5. The lowest BCUT2D eigenvalue weighted by molar-refractivity contribution is -0.120. The molecule has 1 aliphatic heterocycles. The lowest BCUT2D eigenvalue weighted by atomic mass is 9.97. The Labute approximate surface area is 178 Å². The number of anilines is 1. The van der Waals surface area contributed by atoms with Crippen molar-refractivity contribution in [2.24, 2.45) is 5.92 Å². The van der Waals surface area contributed by atoms with Gasteiger partial charge in [-0.3, -0.25) is 9.10 Å². The summed E-state index contributed by atoms with van der Waals surface area (Å²) in [6.45, 7) is 5.51. The summed E-state index contributed by atoms with van der Waals surface area (Å²) in [5.74, 6) is 0.895. The number of hydrogen-bond donors (Lipinski definition) is 1. The van der Waals surface area contributed by atoms with E-state index >= 15 is 0 Å². The molecule has 30 heavy (non-hydrogen) atoms. The topological polar surface area (TPSA) is 84.9 Å². The van der Waals surface area contributed by atoms with Gasteiger partial charge in [0.25, 0.3) is 0 Å². The molecule has 2 aromatic rings. The van der Waals surface area contributed by atoms with Gasteiger partial charge in [-0.1, -0.05) is 44.2 Å². The first-order valence-electron chi connectivity index (χ1n) is 10.0. The quantitative estimate of drug-likeness (QED) is 0.656. The van der Waals surface area contributed by atoms with E-state index in [1.54, 1.807) is 25.1 Å². The number of sulfonamides is 1. The van der Waals surface area contributed by atoms with Crippen molar-refractivity contribution in [3.63, 3.8) is 0 Å². The van der Waals surface area contributed by atoms with E-state index < -0.39 is 10.0 Å². The highest BCUT2D eigenvalue weighted by Crippen LogP contribution is 2.36. The van der Waals surface area contributed by atoms with Crippen LogP contribution >= 0.6 is 0 Å². The van der Waals surface area contributed by atoms with Crippen LogP contribution in [0.1, 0.15) is 38.8 Å². The van der Waals surface area contributed by atoms with Crippen LogP contribution < -0.4 is 19.1 Å². The molecule has 1 unspecified atom stereocenters. The van der Waals surface area contributed by atoms with E-state index in [2.05, 4.69) is 19.2 Å². The summed E-state index contributed by atoms with van der Waals surface area (Å²) in [7, 11) is -3.67. The average molecular weight is 433 g/mol. The second kappa shape index (κ2) is 9.38. The molecule has 8 heteroatoms. The predicted molar refractivity (Wildman–Crippen MR) is 116 cm³/mol. The fourth-order valence-electron chi connectivity index (χ4n) is 3.35. The molecule has 0 fully saturated rings. The summed E-state index contributed by atoms with van der Waals surface area (Å²) >= 11 is 0. The summed E-state index contributed by atoms with van der Waals surface area (Å²) in [6, 6.07) is 14.4. The number of nitrogens with one attached hydrogen (secondary N) is 1. The number of fused-ring (bicyclic) bond motifs is 1. The largest absolute Gasteiger partial charge is 0.454 e. The van der Waals surface area contributed by atoms with Gasteiger partial charge in [0.1, 0.15) is 6.54 Å². The second-order valence-electron chi connectivity index (χ2n) is 7.61.